The van der Waals surface area contributed by atoms with Gasteiger partial charge >= 0.3 is 0 Å². The molecule has 0 atom stereocenters. The number of aryl methyl sites for hydroxylation is 1. The molecule has 7 heteroatoms. The lowest BCUT2D eigenvalue weighted by molar-refractivity contribution is -0.115. The van der Waals surface area contributed by atoms with Crippen LogP contribution in [0.4, 0.5) is 9.52 Å². The predicted octanol–water partition coefficient (Wildman–Crippen LogP) is 2.32. The van der Waals surface area contributed by atoms with Gasteiger partial charge in [0.15, 0.2) is 5.13 Å². The lowest BCUT2D eigenvalue weighted by atomic mass is 10.2. The van der Waals surface area contributed by atoms with Gasteiger partial charge in [-0.3, -0.25) is 4.79 Å². The van der Waals surface area contributed by atoms with Crippen molar-refractivity contribution in [1.29, 1.82) is 0 Å². The lowest BCUT2D eigenvalue weighted by Gasteiger charge is -1.98. The minimum Gasteiger partial charge on any atom is -0.311 e. The quantitative estimate of drug-likeness (QED) is 0.912. The van der Waals surface area contributed by atoms with E-state index in [4.69, 9.17) is 0 Å². The number of carbonyl (C=O) groups excluding carboxylic acids is 1. The zero-order valence-electron chi connectivity index (χ0n) is 9.91. The SMILES string of the molecule is CNCC(=O)Nc1nc2c(C)c(F)ccc2s1.Cl. The number of hydrogen-bond donors (Lipinski definition) is 2. The van der Waals surface area contributed by atoms with Crippen LogP contribution in [0.2, 0.25) is 0 Å². The van der Waals surface area contributed by atoms with Crippen molar-refractivity contribution in [2.24, 2.45) is 0 Å². The molecule has 98 valence electrons. The average molecular weight is 290 g/mol. The molecule has 0 aliphatic heterocycles. The van der Waals surface area contributed by atoms with E-state index in [9.17, 15) is 9.18 Å². The number of nitrogens with zero attached hydrogens (tertiary/aromatic N) is 1. The highest BCUT2D eigenvalue weighted by atomic mass is 35.5. The second-order valence-corrected chi connectivity index (χ2v) is 4.65. The molecule has 0 saturated carbocycles. The molecule has 1 amide bonds. The van der Waals surface area contributed by atoms with E-state index in [1.165, 1.54) is 17.4 Å². The van der Waals surface area contributed by atoms with Crippen LogP contribution in [0, 0.1) is 12.7 Å². The summed E-state index contributed by atoms with van der Waals surface area (Å²) in [4.78, 5) is 15.6. The lowest BCUT2D eigenvalue weighted by Crippen LogP contribution is -2.24. The van der Waals surface area contributed by atoms with Crippen LogP contribution in [-0.4, -0.2) is 24.5 Å². The van der Waals surface area contributed by atoms with Gasteiger partial charge in [-0.25, -0.2) is 9.37 Å². The topological polar surface area (TPSA) is 54.0 Å². The molecule has 2 aromatic rings. The molecule has 1 aromatic heterocycles. The van der Waals surface area contributed by atoms with Crippen molar-refractivity contribution >= 4 is 45.0 Å². The Balaban J connectivity index is 0.00000162. The molecule has 4 nitrogen and oxygen atoms in total. The molecule has 0 aliphatic rings. The van der Waals surface area contributed by atoms with Crippen LogP contribution in [0.3, 0.4) is 0 Å². The molecule has 0 bridgehead atoms. The average Bonchev–Trinajstić information content (AvgIpc) is 2.67. The van der Waals surface area contributed by atoms with Crippen LogP contribution in [0.25, 0.3) is 10.2 Å². The molecule has 2 rings (SSSR count). The Bertz CT molecular complexity index is 573. The zero-order valence-corrected chi connectivity index (χ0v) is 11.5. The van der Waals surface area contributed by atoms with Gasteiger partial charge in [-0.1, -0.05) is 11.3 Å². The van der Waals surface area contributed by atoms with Crippen molar-refractivity contribution < 1.29 is 9.18 Å². The zero-order chi connectivity index (χ0) is 12.4. The van der Waals surface area contributed by atoms with Gasteiger partial charge in [0.2, 0.25) is 5.91 Å². The number of likely N-dealkylation sites (N-methyl/N-ethyl adjacent to an activating group) is 1. The summed E-state index contributed by atoms with van der Waals surface area (Å²) in [5, 5.41) is 5.90. The number of halogens is 2. The fourth-order valence-corrected chi connectivity index (χ4v) is 2.42. The van der Waals surface area contributed by atoms with E-state index in [0.29, 0.717) is 16.2 Å². The van der Waals surface area contributed by atoms with E-state index in [-0.39, 0.29) is 30.7 Å². The molecule has 1 aromatic carbocycles. The van der Waals surface area contributed by atoms with Crippen LogP contribution in [0.5, 0.6) is 0 Å². The van der Waals surface area contributed by atoms with Crippen LogP contribution in [0.15, 0.2) is 12.1 Å². The molecule has 1 heterocycles. The number of fused-ring (bicyclic) bond motifs is 1. The van der Waals surface area contributed by atoms with Gasteiger partial charge in [0.05, 0.1) is 16.8 Å². The van der Waals surface area contributed by atoms with Gasteiger partial charge < -0.3 is 10.6 Å². The van der Waals surface area contributed by atoms with E-state index in [1.54, 1.807) is 20.0 Å². The molecular weight excluding hydrogens is 277 g/mol. The molecule has 0 aliphatic carbocycles. The first-order valence-corrected chi connectivity index (χ1v) is 5.93. The minimum atomic E-state index is -0.282. The smallest absolute Gasteiger partial charge is 0.240 e. The number of thiazole rings is 1. The monoisotopic (exact) mass is 289 g/mol. The molecule has 0 saturated heterocycles. The van der Waals surface area contributed by atoms with Crippen molar-refractivity contribution in [2.75, 3.05) is 18.9 Å². The number of benzene rings is 1. The molecular formula is C11H13ClFN3OS. The number of hydrogen-bond acceptors (Lipinski definition) is 4. The Morgan fingerprint density at radius 1 is 1.50 bits per heavy atom. The van der Waals surface area contributed by atoms with Crippen molar-refractivity contribution in [2.45, 2.75) is 6.92 Å². The second-order valence-electron chi connectivity index (χ2n) is 3.62. The number of aromatic nitrogens is 1. The van der Waals surface area contributed by atoms with Crippen molar-refractivity contribution in [3.63, 3.8) is 0 Å². The third kappa shape index (κ3) is 2.95. The highest BCUT2D eigenvalue weighted by Gasteiger charge is 2.10. The van der Waals surface area contributed by atoms with E-state index < -0.39 is 0 Å². The third-order valence-corrected chi connectivity index (χ3v) is 3.27. The van der Waals surface area contributed by atoms with Crippen molar-refractivity contribution in [1.82, 2.24) is 10.3 Å². The van der Waals surface area contributed by atoms with E-state index >= 15 is 0 Å². The highest BCUT2D eigenvalue weighted by Crippen LogP contribution is 2.29. The van der Waals surface area contributed by atoms with E-state index in [1.807, 2.05) is 0 Å². The van der Waals surface area contributed by atoms with Crippen LogP contribution in [0.1, 0.15) is 5.56 Å². The van der Waals surface area contributed by atoms with Crippen LogP contribution in [-0.2, 0) is 4.79 Å². The summed E-state index contributed by atoms with van der Waals surface area (Å²) in [5.74, 6) is -0.444. The summed E-state index contributed by atoms with van der Waals surface area (Å²) in [6, 6.07) is 3.08. The predicted molar refractivity (Wildman–Crippen MR) is 74.1 cm³/mol. The number of amides is 1. The fourth-order valence-electron chi connectivity index (χ4n) is 1.48. The molecule has 0 spiro atoms. The normalized spacial score (nSPS) is 10.2. The molecule has 0 unspecified atom stereocenters. The largest absolute Gasteiger partial charge is 0.311 e. The molecule has 0 radical (unpaired) electrons. The Morgan fingerprint density at radius 2 is 2.22 bits per heavy atom. The third-order valence-electron chi connectivity index (χ3n) is 2.33. The summed E-state index contributed by atoms with van der Waals surface area (Å²) in [6.45, 7) is 1.90. The summed E-state index contributed by atoms with van der Waals surface area (Å²) < 4.78 is 14.2. The minimum absolute atomic E-state index is 0. The van der Waals surface area contributed by atoms with Gasteiger partial charge in [0.25, 0.3) is 0 Å². The molecule has 2 N–H and O–H groups in total. The number of anilines is 1. The Morgan fingerprint density at radius 3 is 2.89 bits per heavy atom. The Labute approximate surface area is 114 Å². The van der Waals surface area contributed by atoms with Crippen LogP contribution >= 0.6 is 23.7 Å². The summed E-state index contributed by atoms with van der Waals surface area (Å²) in [6.07, 6.45) is 0. The maximum absolute atomic E-state index is 13.3. The van der Waals surface area contributed by atoms with Crippen LogP contribution < -0.4 is 10.6 Å². The second kappa shape index (κ2) is 6.08. The maximum Gasteiger partial charge on any atom is 0.240 e. The van der Waals surface area contributed by atoms with Gasteiger partial charge in [-0.15, -0.1) is 12.4 Å². The summed E-state index contributed by atoms with van der Waals surface area (Å²) in [5.41, 5.74) is 1.11. The molecule has 18 heavy (non-hydrogen) atoms. The first-order chi connectivity index (χ1) is 8.11. The standard InChI is InChI=1S/C11H12FN3OS.ClH/c1-6-7(12)3-4-8-10(6)15-11(17-8)14-9(16)5-13-2;/h3-4,13H,5H2,1-2H3,(H,14,15,16);1H. The van der Waals surface area contributed by atoms with Gasteiger partial charge in [-0.05, 0) is 26.1 Å². The highest BCUT2D eigenvalue weighted by molar-refractivity contribution is 7.22. The van der Waals surface area contributed by atoms with E-state index in [0.717, 1.165) is 4.70 Å². The maximum atomic E-state index is 13.3. The van der Waals surface area contributed by atoms with Crippen molar-refractivity contribution in [3.05, 3.63) is 23.5 Å². The van der Waals surface area contributed by atoms with Gasteiger partial charge in [-0.2, -0.15) is 0 Å². The number of nitrogens with one attached hydrogen (secondary N) is 2. The number of rotatable bonds is 3. The first-order valence-electron chi connectivity index (χ1n) is 5.12. The molecule has 0 fully saturated rings. The van der Waals surface area contributed by atoms with Gasteiger partial charge in [0, 0.05) is 5.56 Å². The van der Waals surface area contributed by atoms with Gasteiger partial charge in [0.1, 0.15) is 5.82 Å². The first kappa shape index (κ1) is 14.8. The van der Waals surface area contributed by atoms with Crippen molar-refractivity contribution in [3.8, 4) is 0 Å². The summed E-state index contributed by atoms with van der Waals surface area (Å²) in [7, 11) is 1.69. The number of carbonyl (C=O) groups is 1. The Hall–Kier alpha value is -1.24. The Kier molecular flexibility index (Phi) is 5.01. The summed E-state index contributed by atoms with van der Waals surface area (Å²) >= 11 is 1.34. The van der Waals surface area contributed by atoms with E-state index in [2.05, 4.69) is 15.6 Å². The fraction of sp³-hybridized carbons (Fsp3) is 0.273.